The van der Waals surface area contributed by atoms with Crippen LogP contribution in [-0.4, -0.2) is 39.3 Å². The molecule has 10 heteroatoms. The lowest BCUT2D eigenvalue weighted by Gasteiger charge is -2.25. The van der Waals surface area contributed by atoms with Gasteiger partial charge >= 0.3 is 5.97 Å². The molecule has 0 spiro atoms. The van der Waals surface area contributed by atoms with Crippen molar-refractivity contribution in [3.05, 3.63) is 139 Å². The summed E-state index contributed by atoms with van der Waals surface area (Å²) in [5.74, 6) is 0.283. The topological polar surface area (TPSA) is 87.7 Å². The number of fused-ring (bicyclic) bond motifs is 1. The summed E-state index contributed by atoms with van der Waals surface area (Å²) in [4.78, 5) is 34.3. The fraction of sp³-hybridized carbons (Fsp3) is 0.211. The van der Waals surface area contributed by atoms with E-state index in [2.05, 4.69) is 6.58 Å². The van der Waals surface area contributed by atoms with Gasteiger partial charge in [0.25, 0.3) is 5.56 Å². The van der Waals surface area contributed by atoms with Crippen LogP contribution in [-0.2, 0) is 9.53 Å². The largest absolute Gasteiger partial charge is 0.489 e. The number of thioether (sulfide) groups is 1. The van der Waals surface area contributed by atoms with Crippen LogP contribution in [0.2, 0.25) is 0 Å². The molecule has 2 aromatic heterocycles. The number of hydrogen-bond donors (Lipinski definition) is 0. The van der Waals surface area contributed by atoms with Crippen LogP contribution in [0.25, 0.3) is 23.0 Å². The molecule has 1 aliphatic heterocycles. The molecule has 5 aromatic rings. The molecule has 0 aliphatic carbocycles. The standard InChI is InChI=1S/C38H36N4O4S2/c1-7-19-45-31-18-15-27(20-24(31)4)34-28(22-41(40-34)29-11-9-8-10-12-29)21-32-36(43)42-35(26-13-16-30(47-6)17-14-26)33(37(44)46-23(2)3)25(5)39-38(42)48-32/h7-18,20-23,35H,1,19H2,2-6H3. The number of esters is 1. The Hall–Kier alpha value is -4.93. The molecule has 3 heterocycles. The van der Waals surface area contributed by atoms with E-state index in [1.54, 1.807) is 29.3 Å². The fourth-order valence-corrected chi connectivity index (χ4v) is 7.09. The van der Waals surface area contributed by atoms with E-state index >= 15 is 0 Å². The van der Waals surface area contributed by atoms with E-state index in [4.69, 9.17) is 19.6 Å². The zero-order valence-corrected chi connectivity index (χ0v) is 29.1. The zero-order valence-electron chi connectivity index (χ0n) is 27.5. The summed E-state index contributed by atoms with van der Waals surface area (Å²) in [6.45, 7) is 11.6. The molecule has 48 heavy (non-hydrogen) atoms. The van der Waals surface area contributed by atoms with Crippen molar-refractivity contribution < 1.29 is 14.3 Å². The van der Waals surface area contributed by atoms with Crippen molar-refractivity contribution in [1.82, 2.24) is 14.3 Å². The Bertz CT molecular complexity index is 2210. The lowest BCUT2D eigenvalue weighted by atomic mass is 9.96. The van der Waals surface area contributed by atoms with Gasteiger partial charge in [-0.15, -0.1) is 11.8 Å². The monoisotopic (exact) mass is 676 g/mol. The summed E-state index contributed by atoms with van der Waals surface area (Å²) in [5, 5.41) is 4.97. The Kier molecular flexibility index (Phi) is 9.66. The first-order valence-corrected chi connectivity index (χ1v) is 17.6. The van der Waals surface area contributed by atoms with Crippen molar-refractivity contribution in [2.45, 2.75) is 44.7 Å². The molecular weight excluding hydrogens is 641 g/mol. The molecule has 1 aliphatic rings. The number of aryl methyl sites for hydroxylation is 1. The molecule has 0 fully saturated rings. The van der Waals surface area contributed by atoms with E-state index in [1.165, 1.54) is 11.3 Å². The van der Waals surface area contributed by atoms with Gasteiger partial charge in [-0.25, -0.2) is 14.5 Å². The maximum Gasteiger partial charge on any atom is 0.338 e. The number of hydrogen-bond acceptors (Lipinski definition) is 8. The second-order valence-corrected chi connectivity index (χ2v) is 13.5. The third-order valence-electron chi connectivity index (χ3n) is 7.87. The average molecular weight is 677 g/mol. The van der Waals surface area contributed by atoms with Crippen LogP contribution in [0.4, 0.5) is 0 Å². The highest BCUT2D eigenvalue weighted by Gasteiger charge is 2.34. The van der Waals surface area contributed by atoms with Gasteiger partial charge in [-0.05, 0) is 93.6 Å². The average Bonchev–Trinajstić information content (AvgIpc) is 3.64. The van der Waals surface area contributed by atoms with Gasteiger partial charge < -0.3 is 9.47 Å². The maximum atomic E-state index is 14.4. The second kappa shape index (κ2) is 14.0. The quantitative estimate of drug-likeness (QED) is 0.0938. The first kappa shape index (κ1) is 33.0. The van der Waals surface area contributed by atoms with Crippen molar-refractivity contribution in [2.24, 2.45) is 4.99 Å². The lowest BCUT2D eigenvalue weighted by Crippen LogP contribution is -2.40. The number of thiazole rings is 1. The Morgan fingerprint density at radius 3 is 2.50 bits per heavy atom. The predicted molar refractivity (Wildman–Crippen MR) is 193 cm³/mol. The van der Waals surface area contributed by atoms with Crippen molar-refractivity contribution >= 4 is 35.1 Å². The number of rotatable bonds is 10. The lowest BCUT2D eigenvalue weighted by molar-refractivity contribution is -0.143. The van der Waals surface area contributed by atoms with Crippen LogP contribution in [0.1, 0.15) is 43.5 Å². The van der Waals surface area contributed by atoms with E-state index in [-0.39, 0.29) is 11.7 Å². The number of aromatic nitrogens is 3. The van der Waals surface area contributed by atoms with E-state index < -0.39 is 12.0 Å². The summed E-state index contributed by atoms with van der Waals surface area (Å²) in [6, 6.07) is 23.0. The highest BCUT2D eigenvalue weighted by molar-refractivity contribution is 7.98. The Labute approximate surface area is 287 Å². The summed E-state index contributed by atoms with van der Waals surface area (Å²) < 4.78 is 15.4. The number of para-hydroxylation sites is 1. The van der Waals surface area contributed by atoms with Gasteiger partial charge in [0.05, 0.1) is 33.6 Å². The van der Waals surface area contributed by atoms with Crippen LogP contribution in [0.15, 0.2) is 118 Å². The van der Waals surface area contributed by atoms with Gasteiger partial charge in [0.1, 0.15) is 18.1 Å². The molecule has 244 valence electrons. The van der Waals surface area contributed by atoms with Crippen molar-refractivity contribution in [2.75, 3.05) is 12.9 Å². The number of nitrogens with zero attached hydrogens (tertiary/aromatic N) is 4. The van der Waals surface area contributed by atoms with Crippen LogP contribution >= 0.6 is 23.1 Å². The minimum atomic E-state index is -0.692. The number of ether oxygens (including phenoxy) is 2. The summed E-state index contributed by atoms with van der Waals surface area (Å²) in [6.07, 6.45) is 7.18. The molecule has 0 saturated carbocycles. The fourth-order valence-electron chi connectivity index (χ4n) is 5.64. The summed E-state index contributed by atoms with van der Waals surface area (Å²) >= 11 is 2.92. The Morgan fingerprint density at radius 1 is 1.08 bits per heavy atom. The molecule has 3 aromatic carbocycles. The predicted octanol–water partition coefficient (Wildman–Crippen LogP) is 6.63. The van der Waals surface area contributed by atoms with Gasteiger partial charge in [-0.1, -0.05) is 54.3 Å². The van der Waals surface area contributed by atoms with Gasteiger partial charge in [-0.3, -0.25) is 9.36 Å². The highest BCUT2D eigenvalue weighted by atomic mass is 32.2. The molecule has 1 unspecified atom stereocenters. The third-order valence-corrected chi connectivity index (χ3v) is 9.60. The molecule has 0 bridgehead atoms. The minimum Gasteiger partial charge on any atom is -0.489 e. The SMILES string of the molecule is C=CCOc1ccc(-c2nn(-c3ccccc3)cc2C=c2sc3n(c2=O)C(c2ccc(SC)cc2)C(C(=O)OC(C)C)=C(C)N=3)cc1C. The third kappa shape index (κ3) is 6.58. The first-order chi connectivity index (χ1) is 23.2. The van der Waals surface area contributed by atoms with Crippen molar-refractivity contribution in [3.8, 4) is 22.7 Å². The normalized spacial score (nSPS) is 14.5. The van der Waals surface area contributed by atoms with E-state index in [1.807, 2.05) is 117 Å². The Balaban J connectivity index is 1.53. The minimum absolute atomic E-state index is 0.247. The van der Waals surface area contributed by atoms with Crippen LogP contribution in [0.5, 0.6) is 5.75 Å². The summed E-state index contributed by atoms with van der Waals surface area (Å²) in [5.41, 5.74) is 5.64. The van der Waals surface area contributed by atoms with Gasteiger partial charge in [0, 0.05) is 22.2 Å². The van der Waals surface area contributed by atoms with E-state index in [0.717, 1.165) is 38.6 Å². The second-order valence-electron chi connectivity index (χ2n) is 11.6. The number of allylic oxidation sites excluding steroid dienone is 1. The van der Waals surface area contributed by atoms with Gasteiger partial charge in [0.15, 0.2) is 4.80 Å². The molecular formula is C38H36N4O4S2. The first-order valence-electron chi connectivity index (χ1n) is 15.6. The molecule has 6 rings (SSSR count). The Morgan fingerprint density at radius 2 is 1.83 bits per heavy atom. The van der Waals surface area contributed by atoms with Gasteiger partial charge in [0.2, 0.25) is 0 Å². The molecule has 0 radical (unpaired) electrons. The number of benzene rings is 3. The van der Waals surface area contributed by atoms with E-state index in [0.29, 0.717) is 32.9 Å². The number of carbonyl (C=O) groups is 1. The zero-order chi connectivity index (χ0) is 33.9. The molecule has 1 atom stereocenters. The van der Waals surface area contributed by atoms with E-state index in [9.17, 15) is 9.59 Å². The van der Waals surface area contributed by atoms with Crippen molar-refractivity contribution in [3.63, 3.8) is 0 Å². The van der Waals surface area contributed by atoms with Crippen LogP contribution in [0.3, 0.4) is 0 Å². The maximum absolute atomic E-state index is 14.4. The smallest absolute Gasteiger partial charge is 0.338 e. The van der Waals surface area contributed by atoms with Crippen LogP contribution < -0.4 is 19.6 Å². The molecule has 0 amide bonds. The molecule has 0 saturated heterocycles. The van der Waals surface area contributed by atoms with Crippen LogP contribution in [0, 0.1) is 6.92 Å². The summed E-state index contributed by atoms with van der Waals surface area (Å²) in [7, 11) is 0. The van der Waals surface area contributed by atoms with Gasteiger partial charge in [-0.2, -0.15) is 5.10 Å². The molecule has 0 N–H and O–H groups in total. The van der Waals surface area contributed by atoms with Crippen molar-refractivity contribution in [1.29, 1.82) is 0 Å². The molecule has 8 nitrogen and oxygen atoms in total. The highest BCUT2D eigenvalue weighted by Crippen LogP contribution is 2.33. The number of carbonyl (C=O) groups excluding carboxylic acids is 1.